The Labute approximate surface area is 107 Å². The van der Waals surface area contributed by atoms with Crippen molar-refractivity contribution in [3.63, 3.8) is 0 Å². The lowest BCUT2D eigenvalue weighted by Gasteiger charge is -2.08. The van der Waals surface area contributed by atoms with E-state index in [4.69, 9.17) is 10.5 Å². The van der Waals surface area contributed by atoms with Crippen LogP contribution in [0.4, 0.5) is 4.39 Å². The molecule has 2 aromatic carbocycles. The molecule has 88 valence electrons. The Morgan fingerprint density at radius 3 is 2.41 bits per heavy atom. The van der Waals surface area contributed by atoms with Gasteiger partial charge in [-0.2, -0.15) is 0 Å². The Morgan fingerprint density at radius 2 is 1.76 bits per heavy atom. The number of nitrogens with two attached hydrogens (primary N) is 1. The molecule has 0 heterocycles. The molecule has 0 unspecified atom stereocenters. The average molecular weight is 296 g/mol. The van der Waals surface area contributed by atoms with E-state index in [0.717, 1.165) is 10.0 Å². The number of ether oxygens (including phenoxy) is 1. The van der Waals surface area contributed by atoms with Crippen molar-refractivity contribution in [2.75, 3.05) is 0 Å². The molecule has 2 aromatic rings. The molecule has 0 spiro atoms. The van der Waals surface area contributed by atoms with E-state index in [1.807, 2.05) is 18.2 Å². The first-order valence-electron chi connectivity index (χ1n) is 5.10. The van der Waals surface area contributed by atoms with Crippen molar-refractivity contribution in [3.8, 4) is 11.5 Å². The molecule has 0 bridgehead atoms. The van der Waals surface area contributed by atoms with Crippen molar-refractivity contribution < 1.29 is 9.13 Å². The van der Waals surface area contributed by atoms with E-state index >= 15 is 0 Å². The molecule has 0 saturated heterocycles. The fourth-order valence-corrected chi connectivity index (χ4v) is 1.96. The minimum Gasteiger partial charge on any atom is -0.457 e. The molecule has 0 fully saturated rings. The second-order valence-electron chi connectivity index (χ2n) is 3.56. The molecule has 2 N–H and O–H groups in total. The fraction of sp³-hybridized carbons (Fsp3) is 0.0769. The molecule has 0 saturated carbocycles. The van der Waals surface area contributed by atoms with Gasteiger partial charge < -0.3 is 10.5 Å². The maximum absolute atomic E-state index is 12.7. The predicted octanol–water partition coefficient (Wildman–Crippen LogP) is 3.84. The summed E-state index contributed by atoms with van der Waals surface area (Å²) in [4.78, 5) is 0. The first kappa shape index (κ1) is 12.1. The lowest BCUT2D eigenvalue weighted by molar-refractivity contribution is 0.479. The molecule has 0 aromatic heterocycles. The van der Waals surface area contributed by atoms with Crippen LogP contribution in [0, 0.1) is 5.82 Å². The first-order chi connectivity index (χ1) is 8.17. The molecule has 2 rings (SSSR count). The molecule has 0 aliphatic carbocycles. The lowest BCUT2D eigenvalue weighted by Crippen LogP contribution is -1.96. The van der Waals surface area contributed by atoms with Crippen LogP contribution in [-0.2, 0) is 6.54 Å². The summed E-state index contributed by atoms with van der Waals surface area (Å²) in [6.07, 6.45) is 0. The van der Waals surface area contributed by atoms with Crippen molar-refractivity contribution in [2.45, 2.75) is 6.54 Å². The molecular formula is C13H11BrFNO. The van der Waals surface area contributed by atoms with Crippen molar-refractivity contribution in [3.05, 3.63) is 58.3 Å². The van der Waals surface area contributed by atoms with Crippen LogP contribution in [0.3, 0.4) is 0 Å². The van der Waals surface area contributed by atoms with Gasteiger partial charge in [-0.05, 0) is 48.0 Å². The Balaban J connectivity index is 2.23. The third-order valence-corrected chi connectivity index (χ3v) is 2.67. The molecule has 17 heavy (non-hydrogen) atoms. The van der Waals surface area contributed by atoms with E-state index in [9.17, 15) is 4.39 Å². The quantitative estimate of drug-likeness (QED) is 0.934. The van der Waals surface area contributed by atoms with E-state index in [0.29, 0.717) is 18.0 Å². The van der Waals surface area contributed by atoms with Crippen molar-refractivity contribution in [1.29, 1.82) is 0 Å². The highest BCUT2D eigenvalue weighted by Crippen LogP contribution is 2.26. The summed E-state index contributed by atoms with van der Waals surface area (Å²) in [7, 11) is 0. The summed E-state index contributed by atoms with van der Waals surface area (Å²) in [5.74, 6) is 0.980. The Morgan fingerprint density at radius 1 is 1.06 bits per heavy atom. The van der Waals surface area contributed by atoms with E-state index in [2.05, 4.69) is 15.9 Å². The smallest absolute Gasteiger partial charge is 0.128 e. The van der Waals surface area contributed by atoms with Crippen LogP contribution in [0.5, 0.6) is 11.5 Å². The SMILES string of the molecule is NCc1cc(Br)cc(Oc2ccc(F)cc2)c1. The van der Waals surface area contributed by atoms with Gasteiger partial charge in [0.15, 0.2) is 0 Å². The number of hydrogen-bond acceptors (Lipinski definition) is 2. The molecule has 2 nitrogen and oxygen atoms in total. The predicted molar refractivity (Wildman–Crippen MR) is 68.5 cm³/mol. The molecule has 0 aliphatic heterocycles. The third-order valence-electron chi connectivity index (χ3n) is 2.22. The van der Waals surface area contributed by atoms with Gasteiger partial charge in [0.2, 0.25) is 0 Å². The zero-order valence-electron chi connectivity index (χ0n) is 8.99. The zero-order valence-corrected chi connectivity index (χ0v) is 10.6. The monoisotopic (exact) mass is 295 g/mol. The Kier molecular flexibility index (Phi) is 3.76. The van der Waals surface area contributed by atoms with Gasteiger partial charge in [0.1, 0.15) is 17.3 Å². The van der Waals surface area contributed by atoms with Gasteiger partial charge in [-0.3, -0.25) is 0 Å². The third kappa shape index (κ3) is 3.28. The second kappa shape index (κ2) is 5.29. The molecule has 0 amide bonds. The van der Waals surface area contributed by atoms with Gasteiger partial charge in [-0.1, -0.05) is 15.9 Å². The van der Waals surface area contributed by atoms with Gasteiger partial charge in [-0.25, -0.2) is 4.39 Å². The van der Waals surface area contributed by atoms with Crippen LogP contribution in [-0.4, -0.2) is 0 Å². The van der Waals surface area contributed by atoms with E-state index in [-0.39, 0.29) is 5.82 Å². The summed E-state index contributed by atoms with van der Waals surface area (Å²) >= 11 is 3.38. The van der Waals surface area contributed by atoms with E-state index < -0.39 is 0 Å². The number of benzene rings is 2. The standard InChI is InChI=1S/C13H11BrFNO/c14-10-5-9(8-16)6-13(7-10)17-12-3-1-11(15)2-4-12/h1-7H,8,16H2. The molecule has 0 atom stereocenters. The van der Waals surface area contributed by atoms with Crippen LogP contribution in [0.15, 0.2) is 46.9 Å². The maximum Gasteiger partial charge on any atom is 0.128 e. The molecule has 0 radical (unpaired) electrons. The average Bonchev–Trinajstić information content (AvgIpc) is 2.31. The molecule has 0 aliphatic rings. The minimum absolute atomic E-state index is 0.283. The van der Waals surface area contributed by atoms with Crippen LogP contribution in [0.1, 0.15) is 5.56 Å². The van der Waals surface area contributed by atoms with E-state index in [1.165, 1.54) is 12.1 Å². The zero-order chi connectivity index (χ0) is 12.3. The summed E-state index contributed by atoms with van der Waals surface area (Å²) < 4.78 is 19.2. The van der Waals surface area contributed by atoms with Gasteiger partial charge in [0.05, 0.1) is 0 Å². The van der Waals surface area contributed by atoms with Crippen molar-refractivity contribution in [2.24, 2.45) is 5.73 Å². The van der Waals surface area contributed by atoms with Gasteiger partial charge in [0, 0.05) is 11.0 Å². The Hall–Kier alpha value is -1.39. The number of halogens is 2. The van der Waals surface area contributed by atoms with Gasteiger partial charge >= 0.3 is 0 Å². The summed E-state index contributed by atoms with van der Waals surface area (Å²) in [5, 5.41) is 0. The molecule has 4 heteroatoms. The van der Waals surface area contributed by atoms with Crippen LogP contribution in [0.25, 0.3) is 0 Å². The fourth-order valence-electron chi connectivity index (χ4n) is 1.44. The topological polar surface area (TPSA) is 35.2 Å². The second-order valence-corrected chi connectivity index (χ2v) is 4.47. The largest absolute Gasteiger partial charge is 0.457 e. The van der Waals surface area contributed by atoms with Crippen LogP contribution < -0.4 is 10.5 Å². The highest BCUT2D eigenvalue weighted by molar-refractivity contribution is 9.10. The van der Waals surface area contributed by atoms with Crippen LogP contribution >= 0.6 is 15.9 Å². The van der Waals surface area contributed by atoms with Crippen molar-refractivity contribution >= 4 is 15.9 Å². The van der Waals surface area contributed by atoms with Crippen molar-refractivity contribution in [1.82, 2.24) is 0 Å². The van der Waals surface area contributed by atoms with Crippen LogP contribution in [0.2, 0.25) is 0 Å². The van der Waals surface area contributed by atoms with E-state index in [1.54, 1.807) is 12.1 Å². The summed E-state index contributed by atoms with van der Waals surface area (Å²) in [5.41, 5.74) is 6.54. The summed E-state index contributed by atoms with van der Waals surface area (Å²) in [6.45, 7) is 0.444. The minimum atomic E-state index is -0.283. The highest BCUT2D eigenvalue weighted by atomic mass is 79.9. The summed E-state index contributed by atoms with van der Waals surface area (Å²) in [6, 6.07) is 11.5. The number of rotatable bonds is 3. The normalized spacial score (nSPS) is 10.3. The van der Waals surface area contributed by atoms with Gasteiger partial charge in [-0.15, -0.1) is 0 Å². The highest BCUT2D eigenvalue weighted by Gasteiger charge is 2.01. The Bertz CT molecular complexity index is 513. The lowest BCUT2D eigenvalue weighted by atomic mass is 10.2. The maximum atomic E-state index is 12.7. The van der Waals surface area contributed by atoms with Gasteiger partial charge in [0.25, 0.3) is 0 Å². The number of hydrogen-bond donors (Lipinski definition) is 1. The molecular weight excluding hydrogens is 285 g/mol. The first-order valence-corrected chi connectivity index (χ1v) is 5.89.